The maximum Gasteiger partial charge on any atom is 0.649 e. The minimum absolute atomic E-state index is 0.207. The molecular weight excluding hydrogens is 212 g/mol. The standard InChI is InChI=1S/C10H11BFNO3/c1-8(14)11(12)15-10(13(2)16-11)9-6-4-3-5-7-9/h3-7H,1-2H3. The van der Waals surface area contributed by atoms with Crippen molar-refractivity contribution in [3.8, 4) is 0 Å². The summed E-state index contributed by atoms with van der Waals surface area (Å²) in [6.45, 7) is -2.29. The van der Waals surface area contributed by atoms with Crippen molar-refractivity contribution < 1.29 is 23.3 Å². The monoisotopic (exact) mass is 223 g/mol. The van der Waals surface area contributed by atoms with Crippen molar-refractivity contribution in [3.63, 3.8) is 0 Å². The van der Waals surface area contributed by atoms with Crippen molar-refractivity contribution in [1.82, 2.24) is 0 Å². The van der Waals surface area contributed by atoms with E-state index in [4.69, 9.17) is 9.41 Å². The molecule has 16 heavy (non-hydrogen) atoms. The summed E-state index contributed by atoms with van der Waals surface area (Å²) in [5.41, 5.74) is -0.106. The van der Waals surface area contributed by atoms with Crippen LogP contribution < -0.4 is 0 Å². The molecule has 0 aliphatic carbocycles. The molecule has 0 bridgehead atoms. The van der Waals surface area contributed by atoms with Gasteiger partial charge in [0.15, 0.2) is 7.05 Å². The lowest BCUT2D eigenvalue weighted by atomic mass is 9.78. The van der Waals surface area contributed by atoms with Crippen LogP contribution in [-0.2, 0) is 14.2 Å². The molecule has 2 rings (SSSR count). The highest BCUT2D eigenvalue weighted by atomic mass is 19.1. The van der Waals surface area contributed by atoms with E-state index in [1.807, 2.05) is 6.07 Å². The molecule has 1 aliphatic heterocycles. The first kappa shape index (κ1) is 10.7. The molecule has 1 aromatic rings. The van der Waals surface area contributed by atoms with Gasteiger partial charge in [-0.1, -0.05) is 18.2 Å². The quantitative estimate of drug-likeness (QED) is 0.556. The van der Waals surface area contributed by atoms with E-state index in [9.17, 15) is 9.11 Å². The average Bonchev–Trinajstić information content (AvgIpc) is 2.57. The lowest BCUT2D eigenvalue weighted by molar-refractivity contribution is -0.728. The second-order valence-corrected chi connectivity index (χ2v) is 3.62. The van der Waals surface area contributed by atoms with E-state index in [-0.39, 0.29) is 5.90 Å². The van der Waals surface area contributed by atoms with Crippen LogP contribution in [0.5, 0.6) is 0 Å². The van der Waals surface area contributed by atoms with Crippen molar-refractivity contribution in [2.45, 2.75) is 6.92 Å². The number of rotatable bonds is 2. The number of benzene rings is 1. The second-order valence-electron chi connectivity index (χ2n) is 3.62. The largest absolute Gasteiger partial charge is 0.649 e. The molecule has 0 radical (unpaired) electrons. The minimum atomic E-state index is -3.39. The number of hydrogen-bond donors (Lipinski definition) is 0. The van der Waals surface area contributed by atoms with Crippen LogP contribution in [0.3, 0.4) is 0 Å². The Balaban J connectivity index is 2.32. The van der Waals surface area contributed by atoms with Crippen LogP contribution in [0.25, 0.3) is 0 Å². The fourth-order valence-corrected chi connectivity index (χ4v) is 1.48. The van der Waals surface area contributed by atoms with Gasteiger partial charge in [-0.15, -0.1) is 0 Å². The topological polar surface area (TPSA) is 38.5 Å². The van der Waals surface area contributed by atoms with Gasteiger partial charge in [-0.2, -0.15) is 0 Å². The van der Waals surface area contributed by atoms with Crippen molar-refractivity contribution in [1.29, 1.82) is 0 Å². The van der Waals surface area contributed by atoms with Gasteiger partial charge in [0.05, 0.1) is 11.2 Å². The normalized spacial score (nSPS) is 23.9. The third kappa shape index (κ3) is 1.66. The van der Waals surface area contributed by atoms with E-state index in [0.717, 1.165) is 11.7 Å². The van der Waals surface area contributed by atoms with E-state index in [1.165, 1.54) is 7.05 Å². The Labute approximate surface area is 92.3 Å². The molecule has 1 atom stereocenters. The summed E-state index contributed by atoms with van der Waals surface area (Å²) in [6, 6.07) is 8.91. The molecule has 0 N–H and O–H groups in total. The molecule has 1 heterocycles. The molecule has 1 unspecified atom stereocenters. The van der Waals surface area contributed by atoms with E-state index in [1.54, 1.807) is 24.3 Å². The maximum absolute atomic E-state index is 13.8. The number of nitrogens with zero attached hydrogens (tertiary/aromatic N) is 1. The molecule has 1 aromatic carbocycles. The van der Waals surface area contributed by atoms with Crippen LogP contribution in [0.1, 0.15) is 12.5 Å². The Morgan fingerprint density at radius 2 is 2.00 bits per heavy atom. The fraction of sp³-hybridized carbons (Fsp3) is 0.200. The molecule has 0 saturated carbocycles. The second kappa shape index (κ2) is 3.62. The van der Waals surface area contributed by atoms with Crippen molar-refractivity contribution >= 4 is 18.4 Å². The molecule has 0 amide bonds. The van der Waals surface area contributed by atoms with E-state index in [2.05, 4.69) is 0 Å². The summed E-state index contributed by atoms with van der Waals surface area (Å²) in [5.74, 6) is 0.207. The highest BCUT2D eigenvalue weighted by Gasteiger charge is 2.50. The van der Waals surface area contributed by atoms with Crippen molar-refractivity contribution in [3.05, 3.63) is 35.9 Å². The van der Waals surface area contributed by atoms with Crippen LogP contribution in [0.2, 0.25) is 0 Å². The molecule has 4 nitrogen and oxygen atoms in total. The minimum Gasteiger partial charge on any atom is -0.596 e. The van der Waals surface area contributed by atoms with Gasteiger partial charge >= 0.3 is 12.7 Å². The predicted molar refractivity (Wildman–Crippen MR) is 56.4 cm³/mol. The van der Waals surface area contributed by atoms with Crippen molar-refractivity contribution in [2.75, 3.05) is 7.05 Å². The van der Waals surface area contributed by atoms with Crippen LogP contribution in [-0.4, -0.2) is 30.2 Å². The van der Waals surface area contributed by atoms with E-state index >= 15 is 0 Å². The summed E-state index contributed by atoms with van der Waals surface area (Å²) in [5, 5.41) is 0. The Kier molecular flexibility index (Phi) is 2.42. The molecule has 6 heteroatoms. The fourth-order valence-electron chi connectivity index (χ4n) is 1.48. The van der Waals surface area contributed by atoms with Crippen LogP contribution in [0, 0.1) is 0 Å². The van der Waals surface area contributed by atoms with Gasteiger partial charge in [-0.3, -0.25) is 0 Å². The van der Waals surface area contributed by atoms with Crippen LogP contribution in [0.4, 0.5) is 4.32 Å². The number of halogens is 1. The summed E-state index contributed by atoms with van der Waals surface area (Å²) < 4.78 is 24.7. The lowest BCUT2D eigenvalue weighted by Gasteiger charge is -2.17. The zero-order chi connectivity index (χ0) is 11.8. The summed E-state index contributed by atoms with van der Waals surface area (Å²) in [4.78, 5) is 11.1. The van der Waals surface area contributed by atoms with Gasteiger partial charge < -0.3 is 18.5 Å². The zero-order valence-electron chi connectivity index (χ0n) is 9.01. The number of hydrogen-bond acceptors (Lipinski definition) is 3. The molecule has 0 saturated heterocycles. The number of hydroxylamine groups is 1. The highest BCUT2D eigenvalue weighted by molar-refractivity contribution is 6.92. The van der Waals surface area contributed by atoms with Crippen LogP contribution in [0.15, 0.2) is 30.3 Å². The summed E-state index contributed by atoms with van der Waals surface area (Å²) in [7, 11) is 1.49. The molecule has 1 aliphatic rings. The van der Waals surface area contributed by atoms with Gasteiger partial charge in [-0.25, -0.2) is 0 Å². The maximum atomic E-state index is 13.8. The molecule has 84 valence electrons. The third-order valence-corrected chi connectivity index (χ3v) is 2.35. The molecule has 0 aromatic heterocycles. The zero-order valence-corrected chi connectivity index (χ0v) is 9.01. The SMILES string of the molecule is CC(=O)[B-]1(F)OC(c2ccccc2)=[N+](C)O1. The smallest absolute Gasteiger partial charge is 0.596 e. The summed E-state index contributed by atoms with van der Waals surface area (Å²) >= 11 is 0. The molecule has 0 fully saturated rings. The molecular formula is C10H11BFNO3. The predicted octanol–water partition coefficient (Wildman–Crippen LogP) is 1.07. The Bertz CT molecular complexity index is 462. The van der Waals surface area contributed by atoms with E-state index < -0.39 is 12.5 Å². The van der Waals surface area contributed by atoms with Gasteiger partial charge in [0.25, 0.3) is 0 Å². The molecule has 0 spiro atoms. The van der Waals surface area contributed by atoms with E-state index in [0.29, 0.717) is 5.56 Å². The Morgan fingerprint density at radius 3 is 2.50 bits per heavy atom. The van der Waals surface area contributed by atoms with Crippen molar-refractivity contribution in [2.24, 2.45) is 0 Å². The number of carbonyl (C=O) groups is 1. The average molecular weight is 223 g/mol. The van der Waals surface area contributed by atoms with Crippen LogP contribution >= 0.6 is 0 Å². The summed E-state index contributed by atoms with van der Waals surface area (Å²) in [6.07, 6.45) is 0. The third-order valence-electron chi connectivity index (χ3n) is 2.35. The first-order valence-electron chi connectivity index (χ1n) is 4.90. The van der Waals surface area contributed by atoms with Gasteiger partial charge in [0.1, 0.15) is 0 Å². The Morgan fingerprint density at radius 1 is 1.38 bits per heavy atom. The van der Waals surface area contributed by atoms with Gasteiger partial charge in [0.2, 0.25) is 0 Å². The first-order chi connectivity index (χ1) is 7.53. The number of carbonyl (C=O) groups excluding carboxylic acids is 1. The lowest BCUT2D eigenvalue weighted by Crippen LogP contribution is -2.42. The van der Waals surface area contributed by atoms with Gasteiger partial charge in [0, 0.05) is 0 Å². The Hall–Kier alpha value is -1.85. The first-order valence-corrected chi connectivity index (χ1v) is 4.90. The van der Waals surface area contributed by atoms with Gasteiger partial charge in [-0.05, 0) is 23.8 Å². The highest BCUT2D eigenvalue weighted by Crippen LogP contribution is 2.20.